The molecule has 28 heavy (non-hydrogen) atoms. The minimum atomic E-state index is -0.238. The highest BCUT2D eigenvalue weighted by Gasteiger charge is 2.16. The Morgan fingerprint density at radius 2 is 1.50 bits per heavy atom. The lowest BCUT2D eigenvalue weighted by molar-refractivity contribution is 0.184. The number of benzene rings is 3. The van der Waals surface area contributed by atoms with Gasteiger partial charge < -0.3 is 4.90 Å². The molecule has 3 aromatic carbocycles. The van der Waals surface area contributed by atoms with Gasteiger partial charge in [-0.15, -0.1) is 0 Å². The smallest absolute Gasteiger partial charge is 0.127 e. The zero-order valence-electron chi connectivity index (χ0n) is 16.2. The van der Waals surface area contributed by atoms with Gasteiger partial charge >= 0.3 is 0 Å². The van der Waals surface area contributed by atoms with Crippen molar-refractivity contribution in [3.63, 3.8) is 0 Å². The number of hydrogen-bond donors (Lipinski definition) is 0. The summed E-state index contributed by atoms with van der Waals surface area (Å²) >= 11 is 0. The highest BCUT2D eigenvalue weighted by atomic mass is 19.1. The molecule has 4 rings (SSSR count). The van der Waals surface area contributed by atoms with E-state index in [2.05, 4.69) is 11.0 Å². The molecular weight excluding hydrogens is 352 g/mol. The molecule has 0 spiro atoms. The number of nitrogens with zero attached hydrogens (tertiary/aromatic N) is 1. The number of rotatable bonds is 6. The molecular formula is C25H25F2N. The quantitative estimate of drug-likeness (QED) is 0.507. The van der Waals surface area contributed by atoms with Crippen molar-refractivity contribution in [3.8, 4) is 11.1 Å². The van der Waals surface area contributed by atoms with E-state index >= 15 is 0 Å². The molecule has 0 aliphatic carbocycles. The first kappa shape index (κ1) is 18.8. The van der Waals surface area contributed by atoms with Gasteiger partial charge in [0, 0.05) is 12.5 Å². The summed E-state index contributed by atoms with van der Waals surface area (Å²) in [5, 5.41) is 0. The molecule has 1 saturated heterocycles. The SMILES string of the molecule is CC(c1ccc(-c2ccc(F)cc2)cc1)c1ccc(CCN2CCC2)cc1F. The molecule has 0 amide bonds. The van der Waals surface area contributed by atoms with Crippen molar-refractivity contribution < 1.29 is 8.78 Å². The molecule has 0 aromatic heterocycles. The zero-order chi connectivity index (χ0) is 19.5. The van der Waals surface area contributed by atoms with Crippen molar-refractivity contribution in [1.29, 1.82) is 0 Å². The Morgan fingerprint density at radius 1 is 0.857 bits per heavy atom. The number of hydrogen-bond acceptors (Lipinski definition) is 1. The van der Waals surface area contributed by atoms with E-state index in [1.807, 2.05) is 37.3 Å². The van der Waals surface area contributed by atoms with Crippen LogP contribution in [-0.4, -0.2) is 24.5 Å². The van der Waals surface area contributed by atoms with Crippen LogP contribution in [0.4, 0.5) is 8.78 Å². The summed E-state index contributed by atoms with van der Waals surface area (Å²) in [7, 11) is 0. The summed E-state index contributed by atoms with van der Waals surface area (Å²) < 4.78 is 27.8. The Morgan fingerprint density at radius 3 is 2.07 bits per heavy atom. The third-order valence-corrected chi connectivity index (χ3v) is 5.78. The summed E-state index contributed by atoms with van der Waals surface area (Å²) in [6.07, 6.45) is 2.18. The van der Waals surface area contributed by atoms with Gasteiger partial charge in [0.25, 0.3) is 0 Å². The van der Waals surface area contributed by atoms with E-state index in [0.717, 1.165) is 40.8 Å². The summed E-state index contributed by atoms with van der Waals surface area (Å²) in [5.41, 5.74) is 4.85. The van der Waals surface area contributed by atoms with Gasteiger partial charge in [0.2, 0.25) is 0 Å². The van der Waals surface area contributed by atoms with E-state index in [9.17, 15) is 8.78 Å². The van der Waals surface area contributed by atoms with Gasteiger partial charge in [0.1, 0.15) is 11.6 Å². The maximum atomic E-state index is 14.7. The maximum Gasteiger partial charge on any atom is 0.127 e. The highest BCUT2D eigenvalue weighted by molar-refractivity contribution is 5.63. The summed E-state index contributed by atoms with van der Waals surface area (Å²) in [5.74, 6) is -0.388. The molecule has 3 heteroatoms. The Bertz CT molecular complexity index is 928. The van der Waals surface area contributed by atoms with Crippen molar-refractivity contribution in [2.24, 2.45) is 0 Å². The number of halogens is 2. The van der Waals surface area contributed by atoms with Crippen molar-refractivity contribution in [3.05, 3.63) is 95.1 Å². The third kappa shape index (κ3) is 4.15. The lowest BCUT2D eigenvalue weighted by Crippen LogP contribution is -2.38. The summed E-state index contributed by atoms with van der Waals surface area (Å²) in [6.45, 7) is 5.39. The summed E-state index contributed by atoms with van der Waals surface area (Å²) in [4.78, 5) is 2.40. The van der Waals surface area contributed by atoms with Crippen LogP contribution in [0.25, 0.3) is 11.1 Å². The topological polar surface area (TPSA) is 3.24 Å². The molecule has 0 N–H and O–H groups in total. The normalized spacial score (nSPS) is 15.2. The van der Waals surface area contributed by atoms with Crippen LogP contribution < -0.4 is 0 Å². The molecule has 1 nitrogen and oxygen atoms in total. The van der Waals surface area contributed by atoms with E-state index < -0.39 is 0 Å². The van der Waals surface area contributed by atoms with Gasteiger partial charge in [-0.25, -0.2) is 8.78 Å². The highest BCUT2D eigenvalue weighted by Crippen LogP contribution is 2.29. The molecule has 0 radical (unpaired) electrons. The van der Waals surface area contributed by atoms with Gasteiger partial charge in [0.05, 0.1) is 0 Å². The van der Waals surface area contributed by atoms with E-state index in [1.165, 1.54) is 31.6 Å². The van der Waals surface area contributed by atoms with Crippen LogP contribution in [0.2, 0.25) is 0 Å². The van der Waals surface area contributed by atoms with Crippen LogP contribution in [0.1, 0.15) is 36.0 Å². The first-order chi connectivity index (χ1) is 13.6. The Balaban J connectivity index is 1.47. The van der Waals surface area contributed by atoms with Crippen molar-refractivity contribution >= 4 is 0 Å². The van der Waals surface area contributed by atoms with Crippen LogP contribution in [-0.2, 0) is 6.42 Å². The molecule has 3 aromatic rings. The zero-order valence-corrected chi connectivity index (χ0v) is 16.2. The first-order valence-corrected chi connectivity index (χ1v) is 9.97. The third-order valence-electron chi connectivity index (χ3n) is 5.78. The van der Waals surface area contributed by atoms with Crippen LogP contribution in [0.15, 0.2) is 66.7 Å². The predicted octanol–water partition coefficient (Wildman–Crippen LogP) is 6.03. The monoisotopic (exact) mass is 377 g/mol. The minimum Gasteiger partial charge on any atom is -0.303 e. The standard InChI is InChI=1S/C25H25F2N/c1-18(20-4-6-21(7-5-20)22-8-10-23(26)11-9-22)24-12-3-19(17-25(24)27)13-16-28-14-2-15-28/h3-12,17-18H,2,13-16H2,1H3. The van der Waals surface area contributed by atoms with Gasteiger partial charge in [-0.1, -0.05) is 55.5 Å². The molecule has 1 aliphatic rings. The fraction of sp³-hybridized carbons (Fsp3) is 0.280. The molecule has 0 bridgehead atoms. The molecule has 1 atom stereocenters. The van der Waals surface area contributed by atoms with Crippen LogP contribution in [0, 0.1) is 11.6 Å². The van der Waals surface area contributed by atoms with Crippen molar-refractivity contribution in [1.82, 2.24) is 4.90 Å². The minimum absolute atomic E-state index is 0.0216. The van der Waals surface area contributed by atoms with Gasteiger partial charge in [0.15, 0.2) is 0 Å². The Kier molecular flexibility index (Phi) is 5.54. The lowest BCUT2D eigenvalue weighted by atomic mass is 9.90. The lowest BCUT2D eigenvalue weighted by Gasteiger charge is -2.30. The number of likely N-dealkylation sites (tertiary alicyclic amines) is 1. The largest absolute Gasteiger partial charge is 0.303 e. The van der Waals surface area contributed by atoms with Gasteiger partial charge in [-0.3, -0.25) is 0 Å². The molecule has 1 fully saturated rings. The fourth-order valence-electron chi connectivity index (χ4n) is 3.76. The summed E-state index contributed by atoms with van der Waals surface area (Å²) in [6, 6.07) is 20.2. The maximum absolute atomic E-state index is 14.7. The Hall–Kier alpha value is -2.52. The first-order valence-electron chi connectivity index (χ1n) is 9.97. The Labute approximate surface area is 165 Å². The van der Waals surface area contributed by atoms with E-state index in [0.29, 0.717) is 0 Å². The second-order valence-electron chi connectivity index (χ2n) is 7.65. The van der Waals surface area contributed by atoms with Crippen molar-refractivity contribution in [2.75, 3.05) is 19.6 Å². The molecule has 1 unspecified atom stereocenters. The van der Waals surface area contributed by atoms with E-state index in [-0.39, 0.29) is 17.6 Å². The van der Waals surface area contributed by atoms with Crippen LogP contribution >= 0.6 is 0 Å². The van der Waals surface area contributed by atoms with E-state index in [4.69, 9.17) is 0 Å². The average molecular weight is 377 g/mol. The second kappa shape index (κ2) is 8.24. The van der Waals surface area contributed by atoms with Crippen LogP contribution in [0.5, 0.6) is 0 Å². The molecule has 1 heterocycles. The van der Waals surface area contributed by atoms with Crippen molar-refractivity contribution in [2.45, 2.75) is 25.7 Å². The van der Waals surface area contributed by atoms with Gasteiger partial charge in [-0.2, -0.15) is 0 Å². The fourth-order valence-corrected chi connectivity index (χ4v) is 3.76. The predicted molar refractivity (Wildman–Crippen MR) is 111 cm³/mol. The van der Waals surface area contributed by atoms with Gasteiger partial charge in [-0.05, 0) is 71.9 Å². The average Bonchev–Trinajstić information content (AvgIpc) is 2.67. The molecule has 1 aliphatic heterocycles. The molecule has 144 valence electrons. The second-order valence-corrected chi connectivity index (χ2v) is 7.65. The molecule has 0 saturated carbocycles. The van der Waals surface area contributed by atoms with Crippen LogP contribution in [0.3, 0.4) is 0 Å². The van der Waals surface area contributed by atoms with E-state index in [1.54, 1.807) is 18.2 Å².